The van der Waals surface area contributed by atoms with Crippen molar-refractivity contribution in [2.75, 3.05) is 26.2 Å². The molecule has 2 rings (SSSR count). The van der Waals surface area contributed by atoms with Crippen LogP contribution in [0.3, 0.4) is 0 Å². The highest BCUT2D eigenvalue weighted by Crippen LogP contribution is 2.18. The highest BCUT2D eigenvalue weighted by molar-refractivity contribution is 7.09. The summed E-state index contributed by atoms with van der Waals surface area (Å²) in [6.07, 6.45) is 3.66. The number of hydrogen-bond acceptors (Lipinski definition) is 5. The molecule has 0 aromatic carbocycles. The van der Waals surface area contributed by atoms with Crippen LogP contribution in [-0.4, -0.2) is 48.3 Å². The van der Waals surface area contributed by atoms with Crippen LogP contribution in [0.2, 0.25) is 0 Å². The number of amides is 1. The van der Waals surface area contributed by atoms with E-state index in [9.17, 15) is 4.79 Å². The second-order valence-electron chi connectivity index (χ2n) is 5.14. The van der Waals surface area contributed by atoms with Crippen molar-refractivity contribution >= 4 is 17.4 Å². The van der Waals surface area contributed by atoms with Crippen LogP contribution in [0.25, 0.3) is 0 Å². The molecular weight excluding hydrogens is 274 g/mol. The number of aromatic nitrogens is 1. The van der Waals surface area contributed by atoms with E-state index in [4.69, 9.17) is 4.74 Å². The number of hydrogen-bond donors (Lipinski definition) is 1. The molecule has 1 aromatic rings. The Bertz CT molecular complexity index is 403. The van der Waals surface area contributed by atoms with Crippen molar-refractivity contribution in [3.05, 3.63) is 16.6 Å². The summed E-state index contributed by atoms with van der Waals surface area (Å²) in [5.74, 6) is 0.443. The second kappa shape index (κ2) is 7.59. The van der Waals surface area contributed by atoms with Crippen LogP contribution in [0.1, 0.15) is 37.6 Å². The summed E-state index contributed by atoms with van der Waals surface area (Å²) in [4.78, 5) is 17.7. The van der Waals surface area contributed by atoms with Gasteiger partial charge in [0.05, 0.1) is 11.6 Å². The quantitative estimate of drug-likeness (QED) is 0.907. The van der Waals surface area contributed by atoms with E-state index in [2.05, 4.69) is 17.2 Å². The molecule has 0 radical (unpaired) electrons. The Labute approximate surface area is 124 Å². The van der Waals surface area contributed by atoms with Crippen LogP contribution in [0.5, 0.6) is 0 Å². The van der Waals surface area contributed by atoms with Crippen molar-refractivity contribution < 1.29 is 9.53 Å². The van der Waals surface area contributed by atoms with Crippen molar-refractivity contribution in [3.8, 4) is 0 Å². The first-order valence-electron chi connectivity index (χ1n) is 7.25. The maximum absolute atomic E-state index is 11.6. The lowest BCUT2D eigenvalue weighted by Crippen LogP contribution is -2.45. The van der Waals surface area contributed by atoms with Crippen LogP contribution >= 0.6 is 11.3 Å². The number of nitrogens with one attached hydrogen (secondary N) is 1. The molecule has 112 valence electrons. The van der Waals surface area contributed by atoms with Crippen LogP contribution in [0, 0.1) is 0 Å². The van der Waals surface area contributed by atoms with Crippen molar-refractivity contribution in [1.82, 2.24) is 15.2 Å². The number of piperidine rings is 1. The highest BCUT2D eigenvalue weighted by atomic mass is 32.1. The lowest BCUT2D eigenvalue weighted by Gasteiger charge is -2.32. The molecule has 5 nitrogen and oxygen atoms in total. The summed E-state index contributed by atoms with van der Waals surface area (Å²) < 4.78 is 5.02. The van der Waals surface area contributed by atoms with Crippen LogP contribution in [-0.2, 0) is 4.74 Å². The average molecular weight is 297 g/mol. The molecule has 2 heterocycles. The van der Waals surface area contributed by atoms with Crippen molar-refractivity contribution in [1.29, 1.82) is 0 Å². The molecule has 6 heteroatoms. The molecular formula is C14H23N3O2S. The molecule has 1 atom stereocenters. The lowest BCUT2D eigenvalue weighted by atomic mass is 10.0. The molecule has 0 aliphatic carbocycles. The SMILES string of the molecule is CCOC(=O)N1CCC(NCC(C)c2nccs2)CC1. The minimum atomic E-state index is -0.179. The predicted molar refractivity (Wildman–Crippen MR) is 80.1 cm³/mol. The van der Waals surface area contributed by atoms with Crippen molar-refractivity contribution in [2.24, 2.45) is 0 Å². The van der Waals surface area contributed by atoms with E-state index in [1.54, 1.807) is 16.2 Å². The fourth-order valence-electron chi connectivity index (χ4n) is 2.39. The third-order valence-corrected chi connectivity index (χ3v) is 4.61. The van der Waals surface area contributed by atoms with E-state index in [1.165, 1.54) is 5.01 Å². The Morgan fingerprint density at radius 3 is 2.95 bits per heavy atom. The molecule has 1 amide bonds. The maximum atomic E-state index is 11.6. The molecule has 1 aliphatic heterocycles. The summed E-state index contributed by atoms with van der Waals surface area (Å²) in [6.45, 7) is 6.98. The van der Waals surface area contributed by atoms with Crippen molar-refractivity contribution in [3.63, 3.8) is 0 Å². The van der Waals surface area contributed by atoms with Crippen molar-refractivity contribution in [2.45, 2.75) is 38.6 Å². The summed E-state index contributed by atoms with van der Waals surface area (Å²) in [7, 11) is 0. The Kier molecular flexibility index (Phi) is 5.79. The summed E-state index contributed by atoms with van der Waals surface area (Å²) >= 11 is 1.71. The summed E-state index contributed by atoms with van der Waals surface area (Å²) in [6, 6.07) is 0.489. The molecule has 1 aliphatic rings. The molecule has 1 unspecified atom stereocenters. The molecule has 1 saturated heterocycles. The zero-order valence-electron chi connectivity index (χ0n) is 12.2. The number of likely N-dealkylation sites (tertiary alicyclic amines) is 1. The first-order valence-corrected chi connectivity index (χ1v) is 8.13. The van der Waals surface area contributed by atoms with E-state index in [0.717, 1.165) is 32.5 Å². The van der Waals surface area contributed by atoms with Gasteiger partial charge in [0.2, 0.25) is 0 Å². The predicted octanol–water partition coefficient (Wildman–Crippen LogP) is 2.46. The van der Waals surface area contributed by atoms with E-state index in [1.807, 2.05) is 18.5 Å². The maximum Gasteiger partial charge on any atom is 0.409 e. The minimum Gasteiger partial charge on any atom is -0.450 e. The van der Waals surface area contributed by atoms with Crippen LogP contribution < -0.4 is 5.32 Å². The smallest absolute Gasteiger partial charge is 0.409 e. The first-order chi connectivity index (χ1) is 9.70. The molecule has 0 spiro atoms. The van der Waals surface area contributed by atoms with E-state index >= 15 is 0 Å². The second-order valence-corrected chi connectivity index (χ2v) is 6.07. The van der Waals surface area contributed by atoms with Gasteiger partial charge in [-0.25, -0.2) is 9.78 Å². The first kappa shape index (κ1) is 15.3. The van der Waals surface area contributed by atoms with Gasteiger partial charge in [-0.15, -0.1) is 11.3 Å². The van der Waals surface area contributed by atoms with Gasteiger partial charge in [-0.1, -0.05) is 6.92 Å². The van der Waals surface area contributed by atoms with Gasteiger partial charge >= 0.3 is 6.09 Å². The van der Waals surface area contributed by atoms with Gasteiger partial charge in [-0.05, 0) is 19.8 Å². The number of nitrogens with zero attached hydrogens (tertiary/aromatic N) is 2. The number of rotatable bonds is 5. The van der Waals surface area contributed by atoms with Gasteiger partial charge in [-0.2, -0.15) is 0 Å². The number of carbonyl (C=O) groups excluding carboxylic acids is 1. The molecule has 1 N–H and O–H groups in total. The Hall–Kier alpha value is -1.14. The van der Waals surface area contributed by atoms with Crippen LogP contribution in [0.15, 0.2) is 11.6 Å². The van der Waals surface area contributed by atoms with Gasteiger partial charge in [-0.3, -0.25) is 0 Å². The Morgan fingerprint density at radius 2 is 2.35 bits per heavy atom. The van der Waals surface area contributed by atoms with Crippen LogP contribution in [0.4, 0.5) is 4.79 Å². The number of ether oxygens (including phenoxy) is 1. The lowest BCUT2D eigenvalue weighted by molar-refractivity contribution is 0.0950. The number of carbonyl (C=O) groups is 1. The fourth-order valence-corrected chi connectivity index (χ4v) is 3.09. The zero-order chi connectivity index (χ0) is 14.4. The van der Waals surface area contributed by atoms with E-state index in [0.29, 0.717) is 18.6 Å². The molecule has 0 bridgehead atoms. The normalized spacial score (nSPS) is 18.0. The van der Waals surface area contributed by atoms with Gasteiger partial charge in [0, 0.05) is 43.2 Å². The molecule has 1 aromatic heterocycles. The van der Waals surface area contributed by atoms with E-state index in [-0.39, 0.29) is 6.09 Å². The summed E-state index contributed by atoms with van der Waals surface area (Å²) in [5, 5.41) is 6.79. The zero-order valence-corrected chi connectivity index (χ0v) is 13.0. The average Bonchev–Trinajstić information content (AvgIpc) is 3.00. The van der Waals surface area contributed by atoms with Gasteiger partial charge in [0.15, 0.2) is 0 Å². The monoisotopic (exact) mass is 297 g/mol. The standard InChI is InChI=1S/C14H23N3O2S/c1-3-19-14(18)17-7-4-12(5-8-17)16-10-11(2)13-15-6-9-20-13/h6,9,11-12,16H,3-5,7-8,10H2,1-2H3. The molecule has 0 saturated carbocycles. The topological polar surface area (TPSA) is 54.5 Å². The van der Waals surface area contributed by atoms with Gasteiger partial charge in [0.1, 0.15) is 0 Å². The third kappa shape index (κ3) is 4.18. The molecule has 20 heavy (non-hydrogen) atoms. The Balaban J connectivity index is 1.68. The molecule has 1 fully saturated rings. The number of thiazole rings is 1. The largest absolute Gasteiger partial charge is 0.450 e. The third-order valence-electron chi connectivity index (χ3n) is 3.61. The van der Waals surface area contributed by atoms with Gasteiger partial charge < -0.3 is 15.0 Å². The fraction of sp³-hybridized carbons (Fsp3) is 0.714. The van der Waals surface area contributed by atoms with Gasteiger partial charge in [0.25, 0.3) is 0 Å². The minimum absolute atomic E-state index is 0.179. The summed E-state index contributed by atoms with van der Waals surface area (Å²) in [5.41, 5.74) is 0. The Morgan fingerprint density at radius 1 is 1.60 bits per heavy atom. The highest BCUT2D eigenvalue weighted by Gasteiger charge is 2.23. The van der Waals surface area contributed by atoms with E-state index < -0.39 is 0 Å².